The fourth-order valence-electron chi connectivity index (χ4n) is 1.19. The van der Waals surface area contributed by atoms with Gasteiger partial charge in [0.2, 0.25) is 0 Å². The third kappa shape index (κ3) is 2.14. The number of thiocarbonyl (C=S) groups is 1. The van der Waals surface area contributed by atoms with E-state index in [9.17, 15) is 0 Å². The molecule has 0 amide bonds. The summed E-state index contributed by atoms with van der Waals surface area (Å²) in [7, 11) is 0. The standard InChI is InChI=1S/C7H13NOS/c1-5-3-6(2)8-7(10)9-4-5/h5-6H,3-4H2,1-2H3,(H,8,10). The Bertz CT molecular complexity index is 138. The van der Waals surface area contributed by atoms with Crippen LogP contribution in [0.1, 0.15) is 20.3 Å². The van der Waals surface area contributed by atoms with E-state index in [1.54, 1.807) is 0 Å². The van der Waals surface area contributed by atoms with E-state index in [-0.39, 0.29) is 0 Å². The van der Waals surface area contributed by atoms with Gasteiger partial charge < -0.3 is 10.1 Å². The Morgan fingerprint density at radius 2 is 2.30 bits per heavy atom. The van der Waals surface area contributed by atoms with Crippen molar-refractivity contribution in [1.29, 1.82) is 0 Å². The molecule has 0 radical (unpaired) electrons. The summed E-state index contributed by atoms with van der Waals surface area (Å²) in [6.07, 6.45) is 1.14. The summed E-state index contributed by atoms with van der Waals surface area (Å²) in [6, 6.07) is 0.463. The monoisotopic (exact) mass is 159 g/mol. The number of nitrogens with one attached hydrogen (secondary N) is 1. The minimum absolute atomic E-state index is 0.463. The Balaban J connectivity index is 2.46. The summed E-state index contributed by atoms with van der Waals surface area (Å²) in [4.78, 5) is 0. The van der Waals surface area contributed by atoms with Gasteiger partial charge in [-0.2, -0.15) is 0 Å². The van der Waals surface area contributed by atoms with Gasteiger partial charge in [0.15, 0.2) is 0 Å². The molecule has 1 heterocycles. The van der Waals surface area contributed by atoms with Gasteiger partial charge in [0, 0.05) is 6.04 Å². The van der Waals surface area contributed by atoms with Crippen LogP contribution in [-0.2, 0) is 4.74 Å². The maximum Gasteiger partial charge on any atom is 0.256 e. The van der Waals surface area contributed by atoms with Crippen LogP contribution in [0.15, 0.2) is 0 Å². The van der Waals surface area contributed by atoms with Gasteiger partial charge in [-0.15, -0.1) is 0 Å². The van der Waals surface area contributed by atoms with Crippen LogP contribution in [0.5, 0.6) is 0 Å². The molecule has 0 aromatic carbocycles. The molecule has 1 N–H and O–H groups in total. The highest BCUT2D eigenvalue weighted by Crippen LogP contribution is 2.09. The molecule has 1 saturated heterocycles. The third-order valence-corrected chi connectivity index (χ3v) is 1.85. The van der Waals surface area contributed by atoms with Crippen LogP contribution in [0.4, 0.5) is 0 Å². The summed E-state index contributed by atoms with van der Waals surface area (Å²) < 4.78 is 5.21. The first-order valence-corrected chi connectivity index (χ1v) is 4.02. The summed E-state index contributed by atoms with van der Waals surface area (Å²) >= 11 is 4.89. The second kappa shape index (κ2) is 3.19. The van der Waals surface area contributed by atoms with Crippen molar-refractivity contribution in [2.24, 2.45) is 5.92 Å². The van der Waals surface area contributed by atoms with Crippen molar-refractivity contribution in [3.8, 4) is 0 Å². The average Bonchev–Trinajstić information content (AvgIpc) is 1.93. The predicted octanol–water partition coefficient (Wildman–Crippen LogP) is 1.31. The smallest absolute Gasteiger partial charge is 0.256 e. The second-order valence-corrected chi connectivity index (χ2v) is 3.36. The van der Waals surface area contributed by atoms with Crippen LogP contribution in [0.2, 0.25) is 0 Å². The van der Waals surface area contributed by atoms with Crippen LogP contribution in [0.3, 0.4) is 0 Å². The molecule has 1 rings (SSSR count). The third-order valence-electron chi connectivity index (χ3n) is 1.62. The van der Waals surface area contributed by atoms with E-state index in [0.29, 0.717) is 17.1 Å². The summed E-state index contributed by atoms with van der Waals surface area (Å²) in [5, 5.41) is 3.63. The molecule has 1 aliphatic heterocycles. The Labute approximate surface area is 66.9 Å². The molecule has 0 aliphatic carbocycles. The van der Waals surface area contributed by atoms with E-state index in [2.05, 4.69) is 19.2 Å². The minimum atomic E-state index is 0.463. The first kappa shape index (κ1) is 7.79. The minimum Gasteiger partial charge on any atom is -0.471 e. The molecule has 0 aromatic rings. The summed E-state index contributed by atoms with van der Waals surface area (Å²) in [5.74, 6) is 0.614. The normalized spacial score (nSPS) is 34.0. The van der Waals surface area contributed by atoms with Crippen LogP contribution in [0, 0.1) is 5.92 Å². The number of hydrogen-bond acceptors (Lipinski definition) is 2. The lowest BCUT2D eigenvalue weighted by Gasteiger charge is -2.09. The molecular formula is C7H13NOS. The van der Waals surface area contributed by atoms with Gasteiger partial charge in [-0.25, -0.2) is 0 Å². The first-order chi connectivity index (χ1) is 4.68. The SMILES string of the molecule is CC1COC(=S)NC(C)C1. The van der Waals surface area contributed by atoms with Gasteiger partial charge in [0.25, 0.3) is 5.17 Å². The first-order valence-electron chi connectivity index (χ1n) is 3.62. The van der Waals surface area contributed by atoms with Crippen LogP contribution in [-0.4, -0.2) is 17.8 Å². The molecule has 0 bridgehead atoms. The number of rotatable bonds is 0. The van der Waals surface area contributed by atoms with Crippen molar-refractivity contribution < 1.29 is 4.74 Å². The highest BCUT2D eigenvalue weighted by Gasteiger charge is 2.15. The van der Waals surface area contributed by atoms with Crippen molar-refractivity contribution in [1.82, 2.24) is 5.32 Å². The lowest BCUT2D eigenvalue weighted by atomic mass is 10.1. The van der Waals surface area contributed by atoms with E-state index >= 15 is 0 Å². The lowest BCUT2D eigenvalue weighted by Crippen LogP contribution is -2.30. The molecule has 10 heavy (non-hydrogen) atoms. The van der Waals surface area contributed by atoms with Crippen LogP contribution < -0.4 is 5.32 Å². The largest absolute Gasteiger partial charge is 0.471 e. The molecule has 1 aliphatic rings. The van der Waals surface area contributed by atoms with E-state index in [1.807, 2.05) is 0 Å². The molecule has 2 atom stereocenters. The van der Waals surface area contributed by atoms with E-state index < -0.39 is 0 Å². The maximum absolute atomic E-state index is 5.21. The molecule has 0 aromatic heterocycles. The predicted molar refractivity (Wildman–Crippen MR) is 44.9 cm³/mol. The Kier molecular flexibility index (Phi) is 2.49. The highest BCUT2D eigenvalue weighted by atomic mass is 32.1. The number of ether oxygens (including phenoxy) is 1. The van der Waals surface area contributed by atoms with Crippen molar-refractivity contribution in [2.45, 2.75) is 26.3 Å². The maximum atomic E-state index is 5.21. The van der Waals surface area contributed by atoms with Crippen LogP contribution >= 0.6 is 12.2 Å². The fourth-order valence-corrected chi connectivity index (χ4v) is 1.46. The molecule has 2 nitrogen and oxygen atoms in total. The highest BCUT2D eigenvalue weighted by molar-refractivity contribution is 7.80. The van der Waals surface area contributed by atoms with Crippen molar-refractivity contribution in [3.05, 3.63) is 0 Å². The molecule has 1 fully saturated rings. The van der Waals surface area contributed by atoms with Crippen molar-refractivity contribution in [3.63, 3.8) is 0 Å². The average molecular weight is 159 g/mol. The molecule has 0 saturated carbocycles. The van der Waals surface area contributed by atoms with Gasteiger partial charge in [-0.05, 0) is 31.5 Å². The molecule has 3 heteroatoms. The molecular weight excluding hydrogens is 146 g/mol. The topological polar surface area (TPSA) is 21.3 Å². The second-order valence-electron chi connectivity index (χ2n) is 2.98. The zero-order chi connectivity index (χ0) is 7.56. The molecule has 0 spiro atoms. The van der Waals surface area contributed by atoms with Gasteiger partial charge >= 0.3 is 0 Å². The van der Waals surface area contributed by atoms with Crippen LogP contribution in [0.25, 0.3) is 0 Å². The van der Waals surface area contributed by atoms with Crippen molar-refractivity contribution in [2.75, 3.05) is 6.61 Å². The van der Waals surface area contributed by atoms with E-state index in [1.165, 1.54) is 0 Å². The Morgan fingerprint density at radius 3 is 3.00 bits per heavy atom. The van der Waals surface area contributed by atoms with Gasteiger partial charge in [-0.1, -0.05) is 6.92 Å². The van der Waals surface area contributed by atoms with Gasteiger partial charge in [0.05, 0.1) is 6.61 Å². The lowest BCUT2D eigenvalue weighted by molar-refractivity contribution is 0.257. The quantitative estimate of drug-likeness (QED) is 0.538. The molecule has 58 valence electrons. The summed E-state index contributed by atoms with van der Waals surface area (Å²) in [5.41, 5.74) is 0. The fraction of sp³-hybridized carbons (Fsp3) is 0.857. The summed E-state index contributed by atoms with van der Waals surface area (Å²) in [6.45, 7) is 5.06. The zero-order valence-corrected chi connectivity index (χ0v) is 7.20. The van der Waals surface area contributed by atoms with Gasteiger partial charge in [0.1, 0.15) is 0 Å². The molecule has 2 unspecified atom stereocenters. The van der Waals surface area contributed by atoms with E-state index in [4.69, 9.17) is 17.0 Å². The van der Waals surface area contributed by atoms with E-state index in [0.717, 1.165) is 13.0 Å². The van der Waals surface area contributed by atoms with Gasteiger partial charge in [-0.3, -0.25) is 0 Å². The Hall–Kier alpha value is -0.310. The number of hydrogen-bond donors (Lipinski definition) is 1. The Morgan fingerprint density at radius 1 is 1.60 bits per heavy atom. The van der Waals surface area contributed by atoms with Crippen molar-refractivity contribution >= 4 is 17.4 Å². The zero-order valence-electron chi connectivity index (χ0n) is 6.39.